The third-order valence-electron chi connectivity index (χ3n) is 4.08. The molecule has 4 aromatic rings. The summed E-state index contributed by atoms with van der Waals surface area (Å²) in [6.45, 7) is 2.14. The smallest absolute Gasteiger partial charge is 0.0155 e. The van der Waals surface area contributed by atoms with Gasteiger partial charge in [-0.1, -0.05) is 115 Å². The summed E-state index contributed by atoms with van der Waals surface area (Å²) in [5, 5.41) is 2.68. The Morgan fingerprint density at radius 3 is 1.52 bits per heavy atom. The third-order valence-corrected chi connectivity index (χ3v) is 4.08. The topological polar surface area (TPSA) is 0 Å². The summed E-state index contributed by atoms with van der Waals surface area (Å²) in [7, 11) is 0. The van der Waals surface area contributed by atoms with Crippen LogP contribution in [0.2, 0.25) is 0 Å². The van der Waals surface area contributed by atoms with E-state index < -0.39 is 0 Å². The van der Waals surface area contributed by atoms with E-state index in [0.717, 1.165) is 0 Å². The summed E-state index contributed by atoms with van der Waals surface area (Å²) < 4.78 is 0. The van der Waals surface area contributed by atoms with E-state index in [-0.39, 0.29) is 0 Å². The Bertz CT molecular complexity index is 888. The molecule has 0 fully saturated rings. The van der Waals surface area contributed by atoms with Crippen molar-refractivity contribution in [2.45, 2.75) is 6.92 Å². The molecule has 0 aliphatic carbocycles. The van der Waals surface area contributed by atoms with Crippen molar-refractivity contribution in [3.8, 4) is 0 Å². The zero-order valence-corrected chi connectivity index (χ0v) is 14.5. The Labute approximate surface area is 150 Å². The van der Waals surface area contributed by atoms with Crippen molar-refractivity contribution in [1.82, 2.24) is 0 Å². The second kappa shape index (κ2) is 8.65. The van der Waals surface area contributed by atoms with Crippen molar-refractivity contribution in [3.05, 3.63) is 120 Å². The molecule has 0 N–H and O–H groups in total. The Kier molecular flexibility index (Phi) is 5.79. The minimum Gasteiger partial charge on any atom is -0.0622 e. The maximum Gasteiger partial charge on any atom is -0.0155 e. The van der Waals surface area contributed by atoms with E-state index >= 15 is 0 Å². The van der Waals surface area contributed by atoms with Gasteiger partial charge in [0.25, 0.3) is 0 Å². The van der Waals surface area contributed by atoms with Gasteiger partial charge in [0.1, 0.15) is 0 Å². The number of fused-ring (bicyclic) bond motifs is 1. The molecule has 25 heavy (non-hydrogen) atoms. The van der Waals surface area contributed by atoms with E-state index in [1.807, 2.05) is 36.4 Å². The van der Waals surface area contributed by atoms with Crippen molar-refractivity contribution in [2.24, 2.45) is 0 Å². The van der Waals surface area contributed by atoms with E-state index in [9.17, 15) is 0 Å². The molecule has 0 aliphatic rings. The van der Waals surface area contributed by atoms with Crippen molar-refractivity contribution in [3.63, 3.8) is 0 Å². The first-order chi connectivity index (χ1) is 12.3. The highest BCUT2D eigenvalue weighted by Crippen LogP contribution is 2.16. The molecule has 0 unspecified atom stereocenters. The average molecular weight is 322 g/mol. The van der Waals surface area contributed by atoms with Crippen LogP contribution >= 0.6 is 0 Å². The molecular formula is C25H22. The first-order valence-electron chi connectivity index (χ1n) is 8.55. The summed E-state index contributed by atoms with van der Waals surface area (Å²) in [4.78, 5) is 0. The molecular weight excluding hydrogens is 300 g/mol. The Morgan fingerprint density at radius 1 is 0.480 bits per heavy atom. The fourth-order valence-corrected chi connectivity index (χ4v) is 2.71. The number of benzene rings is 4. The Hall–Kier alpha value is -3.12. The molecule has 0 heteroatoms. The van der Waals surface area contributed by atoms with E-state index in [4.69, 9.17) is 0 Å². The van der Waals surface area contributed by atoms with Gasteiger partial charge in [-0.25, -0.2) is 0 Å². The number of hydrogen-bond donors (Lipinski definition) is 0. The van der Waals surface area contributed by atoms with Crippen LogP contribution in [0.25, 0.3) is 22.9 Å². The predicted octanol–water partition coefficient (Wildman–Crippen LogP) is 7.01. The minimum atomic E-state index is 1.23. The van der Waals surface area contributed by atoms with Crippen LogP contribution in [0.5, 0.6) is 0 Å². The van der Waals surface area contributed by atoms with Gasteiger partial charge in [-0.3, -0.25) is 0 Å². The lowest BCUT2D eigenvalue weighted by molar-refractivity contribution is 1.53. The zero-order chi connectivity index (χ0) is 17.3. The quantitative estimate of drug-likeness (QED) is 0.348. The highest BCUT2D eigenvalue weighted by molar-refractivity contribution is 5.85. The summed E-state index contributed by atoms with van der Waals surface area (Å²) >= 11 is 0. The molecule has 0 aliphatic heterocycles. The SMILES string of the molecule is C(=Cc1ccccc1)c1ccccc1.Cc1cccc2ccccc12. The lowest BCUT2D eigenvalue weighted by Gasteiger charge is -1.98. The fraction of sp³-hybridized carbons (Fsp3) is 0.0400. The number of rotatable bonds is 2. The number of hydrogen-bond acceptors (Lipinski definition) is 0. The Balaban J connectivity index is 0.000000150. The summed E-state index contributed by atoms with van der Waals surface area (Å²) in [5.41, 5.74) is 3.82. The fourth-order valence-electron chi connectivity index (χ4n) is 2.71. The van der Waals surface area contributed by atoms with Gasteiger partial charge >= 0.3 is 0 Å². The molecule has 0 spiro atoms. The van der Waals surface area contributed by atoms with Gasteiger partial charge in [-0.05, 0) is 34.4 Å². The molecule has 0 radical (unpaired) electrons. The van der Waals surface area contributed by atoms with Crippen molar-refractivity contribution < 1.29 is 0 Å². The second-order valence-corrected chi connectivity index (χ2v) is 5.95. The molecule has 0 nitrogen and oxygen atoms in total. The van der Waals surface area contributed by atoms with Crippen molar-refractivity contribution in [2.75, 3.05) is 0 Å². The van der Waals surface area contributed by atoms with Crippen LogP contribution in [0.1, 0.15) is 16.7 Å². The van der Waals surface area contributed by atoms with Crippen LogP contribution < -0.4 is 0 Å². The van der Waals surface area contributed by atoms with Crippen molar-refractivity contribution in [1.29, 1.82) is 0 Å². The zero-order valence-electron chi connectivity index (χ0n) is 14.5. The third kappa shape index (κ3) is 4.92. The highest BCUT2D eigenvalue weighted by atomic mass is 14.0. The van der Waals surface area contributed by atoms with Crippen LogP contribution in [0.3, 0.4) is 0 Å². The molecule has 4 rings (SSSR count). The first kappa shape index (κ1) is 16.7. The van der Waals surface area contributed by atoms with Gasteiger partial charge < -0.3 is 0 Å². The van der Waals surface area contributed by atoms with Crippen LogP contribution in [-0.2, 0) is 0 Å². The molecule has 122 valence electrons. The highest BCUT2D eigenvalue weighted by Gasteiger charge is 1.92. The summed E-state index contributed by atoms with van der Waals surface area (Å²) in [6.07, 6.45) is 4.24. The largest absolute Gasteiger partial charge is 0.0622 e. The van der Waals surface area contributed by atoms with Gasteiger partial charge in [-0.2, -0.15) is 0 Å². The second-order valence-electron chi connectivity index (χ2n) is 5.95. The maximum absolute atomic E-state index is 2.16. The van der Waals surface area contributed by atoms with E-state index in [0.29, 0.717) is 0 Å². The van der Waals surface area contributed by atoms with Gasteiger partial charge in [0, 0.05) is 0 Å². The molecule has 0 saturated carbocycles. The number of aryl methyl sites for hydroxylation is 1. The van der Waals surface area contributed by atoms with Crippen LogP contribution in [0.15, 0.2) is 103 Å². The molecule has 0 aromatic heterocycles. The molecule has 0 atom stereocenters. The predicted molar refractivity (Wildman–Crippen MR) is 110 cm³/mol. The van der Waals surface area contributed by atoms with Crippen LogP contribution in [0.4, 0.5) is 0 Å². The summed E-state index contributed by atoms with van der Waals surface area (Å²) in [5.74, 6) is 0. The first-order valence-corrected chi connectivity index (χ1v) is 8.55. The molecule has 0 amide bonds. The Morgan fingerprint density at radius 2 is 0.960 bits per heavy atom. The monoisotopic (exact) mass is 322 g/mol. The van der Waals surface area contributed by atoms with Gasteiger partial charge in [0.2, 0.25) is 0 Å². The normalized spacial score (nSPS) is 10.4. The minimum absolute atomic E-state index is 1.23. The van der Waals surface area contributed by atoms with Crippen LogP contribution in [0, 0.1) is 6.92 Å². The summed E-state index contributed by atoms with van der Waals surface area (Å²) in [6, 6.07) is 35.5. The van der Waals surface area contributed by atoms with E-state index in [2.05, 4.69) is 85.8 Å². The van der Waals surface area contributed by atoms with E-state index in [1.165, 1.54) is 27.5 Å². The molecule has 0 heterocycles. The van der Waals surface area contributed by atoms with Gasteiger partial charge in [-0.15, -0.1) is 0 Å². The molecule has 4 aromatic carbocycles. The van der Waals surface area contributed by atoms with Crippen molar-refractivity contribution >= 4 is 22.9 Å². The lowest BCUT2D eigenvalue weighted by Crippen LogP contribution is -1.75. The lowest BCUT2D eigenvalue weighted by atomic mass is 10.1. The van der Waals surface area contributed by atoms with Gasteiger partial charge in [0.05, 0.1) is 0 Å². The van der Waals surface area contributed by atoms with Gasteiger partial charge in [0.15, 0.2) is 0 Å². The standard InChI is InChI=1S/C14H12.C11H10/c1-3-7-13(8-4-1)11-12-14-9-5-2-6-10-14;1-9-5-4-7-10-6-2-3-8-11(9)10/h1-12H;2-8H,1H3. The van der Waals surface area contributed by atoms with Crippen LogP contribution in [-0.4, -0.2) is 0 Å². The maximum atomic E-state index is 2.16. The molecule has 0 bridgehead atoms. The average Bonchev–Trinajstić information content (AvgIpc) is 2.69. The molecule has 0 saturated heterocycles. The van der Waals surface area contributed by atoms with E-state index in [1.54, 1.807) is 0 Å².